The Bertz CT molecular complexity index is 676. The van der Waals surface area contributed by atoms with Crippen molar-refractivity contribution in [1.29, 1.82) is 0 Å². The van der Waals surface area contributed by atoms with E-state index in [4.69, 9.17) is 4.42 Å². The van der Waals surface area contributed by atoms with Crippen LogP contribution in [0.15, 0.2) is 40.8 Å². The molecule has 1 aliphatic carbocycles. The molecule has 1 aromatic heterocycles. The monoisotopic (exact) mass is 329 g/mol. The fourth-order valence-electron chi connectivity index (χ4n) is 2.65. The van der Waals surface area contributed by atoms with Gasteiger partial charge in [0.2, 0.25) is 5.91 Å². The Morgan fingerprint density at radius 3 is 2.65 bits per heavy atom. The first-order chi connectivity index (χ1) is 11.1. The second kappa shape index (κ2) is 7.26. The zero-order chi connectivity index (χ0) is 16.2. The third-order valence-corrected chi connectivity index (χ3v) is 5.14. The molecule has 0 spiro atoms. The van der Waals surface area contributed by atoms with E-state index in [2.05, 4.69) is 31.2 Å². The first kappa shape index (κ1) is 16.2. The third kappa shape index (κ3) is 4.41. The van der Waals surface area contributed by atoms with Gasteiger partial charge in [0, 0.05) is 11.8 Å². The molecule has 1 saturated carbocycles. The Morgan fingerprint density at radius 1 is 1.22 bits per heavy atom. The average molecular weight is 329 g/mol. The van der Waals surface area contributed by atoms with E-state index in [1.165, 1.54) is 11.1 Å². The molecule has 3 nitrogen and oxygen atoms in total. The highest BCUT2D eigenvalue weighted by molar-refractivity contribution is 7.99. The fourth-order valence-corrected chi connectivity index (χ4v) is 3.63. The lowest BCUT2D eigenvalue weighted by molar-refractivity contribution is -0.129. The number of benzene rings is 1. The van der Waals surface area contributed by atoms with Gasteiger partial charge in [-0.15, -0.1) is 11.8 Å². The van der Waals surface area contributed by atoms with Crippen LogP contribution < -0.4 is 0 Å². The molecule has 0 unspecified atom stereocenters. The topological polar surface area (TPSA) is 33.5 Å². The Labute approximate surface area is 142 Å². The number of hydrogen-bond acceptors (Lipinski definition) is 3. The van der Waals surface area contributed by atoms with Crippen LogP contribution in [0, 0.1) is 13.8 Å². The lowest BCUT2D eigenvalue weighted by Gasteiger charge is -2.21. The van der Waals surface area contributed by atoms with Gasteiger partial charge >= 0.3 is 0 Å². The summed E-state index contributed by atoms with van der Waals surface area (Å²) in [6.45, 7) is 4.65. The normalized spacial score (nSPS) is 14.0. The number of aryl methyl sites for hydroxylation is 2. The molecule has 0 saturated heterocycles. The number of carbonyl (C=O) groups excluding carboxylic acids is 1. The molecule has 3 rings (SSSR count). The molecule has 0 bridgehead atoms. The first-order valence-electron chi connectivity index (χ1n) is 8.10. The van der Waals surface area contributed by atoms with E-state index in [1.54, 1.807) is 11.8 Å². The van der Waals surface area contributed by atoms with Crippen LogP contribution in [0.3, 0.4) is 0 Å². The zero-order valence-electron chi connectivity index (χ0n) is 13.7. The maximum Gasteiger partial charge on any atom is 0.233 e. The minimum atomic E-state index is 0.222. The number of thioether (sulfide) groups is 1. The van der Waals surface area contributed by atoms with Crippen LogP contribution in [-0.4, -0.2) is 22.6 Å². The van der Waals surface area contributed by atoms with Crippen LogP contribution in [0.25, 0.3) is 0 Å². The Morgan fingerprint density at radius 2 is 2.00 bits per heavy atom. The van der Waals surface area contributed by atoms with Crippen molar-refractivity contribution in [2.75, 3.05) is 5.75 Å². The summed E-state index contributed by atoms with van der Waals surface area (Å²) in [5, 5.41) is 0. The molecule has 4 heteroatoms. The van der Waals surface area contributed by atoms with Crippen molar-refractivity contribution in [2.24, 2.45) is 0 Å². The summed E-state index contributed by atoms with van der Waals surface area (Å²) in [7, 11) is 0. The predicted octanol–water partition coefficient (Wildman–Crippen LogP) is 4.32. The smallest absolute Gasteiger partial charge is 0.233 e. The molecule has 122 valence electrons. The lowest BCUT2D eigenvalue weighted by atomic mass is 10.1. The van der Waals surface area contributed by atoms with Crippen LogP contribution in [0.2, 0.25) is 0 Å². The second-order valence-corrected chi connectivity index (χ2v) is 7.17. The molecule has 1 aliphatic rings. The predicted molar refractivity (Wildman–Crippen MR) is 94.4 cm³/mol. The van der Waals surface area contributed by atoms with Gasteiger partial charge in [0.25, 0.3) is 0 Å². The Balaban J connectivity index is 1.53. The number of nitrogens with zero attached hydrogens (tertiary/aromatic N) is 1. The van der Waals surface area contributed by atoms with Gasteiger partial charge in [-0.1, -0.05) is 24.3 Å². The van der Waals surface area contributed by atoms with Gasteiger partial charge in [-0.25, -0.2) is 0 Å². The van der Waals surface area contributed by atoms with Crippen molar-refractivity contribution in [3.8, 4) is 0 Å². The lowest BCUT2D eigenvalue weighted by Crippen LogP contribution is -2.33. The molecule has 1 amide bonds. The number of rotatable bonds is 7. The summed E-state index contributed by atoms with van der Waals surface area (Å²) in [5.41, 5.74) is 2.60. The highest BCUT2D eigenvalue weighted by Crippen LogP contribution is 2.29. The maximum atomic E-state index is 12.6. The molecule has 0 aliphatic heterocycles. The van der Waals surface area contributed by atoms with E-state index < -0.39 is 0 Å². The van der Waals surface area contributed by atoms with Crippen molar-refractivity contribution in [2.45, 2.75) is 45.0 Å². The largest absolute Gasteiger partial charge is 0.464 e. The summed E-state index contributed by atoms with van der Waals surface area (Å²) in [4.78, 5) is 14.6. The van der Waals surface area contributed by atoms with E-state index in [-0.39, 0.29) is 5.91 Å². The standard InChI is InChI=1S/C19H23NO2S/c1-14-5-3-4-6-16(14)12-23-13-19(21)20(17-8-9-17)11-18-10-7-15(2)22-18/h3-7,10,17H,8-9,11-13H2,1-2H3. The van der Waals surface area contributed by atoms with Crippen molar-refractivity contribution >= 4 is 17.7 Å². The quantitative estimate of drug-likeness (QED) is 0.758. The molecule has 2 aromatic rings. The van der Waals surface area contributed by atoms with Crippen LogP contribution >= 0.6 is 11.8 Å². The number of amides is 1. The van der Waals surface area contributed by atoms with Gasteiger partial charge in [-0.05, 0) is 49.9 Å². The number of furan rings is 1. The molecule has 1 fully saturated rings. The van der Waals surface area contributed by atoms with Gasteiger partial charge in [-0.3, -0.25) is 4.79 Å². The highest BCUT2D eigenvalue weighted by atomic mass is 32.2. The fraction of sp³-hybridized carbons (Fsp3) is 0.421. The SMILES string of the molecule is Cc1ccc(CN(C(=O)CSCc2ccccc2C)C2CC2)o1. The molecular formula is C19H23NO2S. The average Bonchev–Trinajstić information content (AvgIpc) is 3.29. The second-order valence-electron chi connectivity index (χ2n) is 6.18. The van der Waals surface area contributed by atoms with E-state index in [0.717, 1.165) is 30.1 Å². The van der Waals surface area contributed by atoms with Gasteiger partial charge in [0.15, 0.2) is 0 Å². The number of carbonyl (C=O) groups is 1. The molecule has 1 heterocycles. The molecule has 1 aromatic carbocycles. The molecular weight excluding hydrogens is 306 g/mol. The summed E-state index contributed by atoms with van der Waals surface area (Å²) in [6, 6.07) is 12.7. The van der Waals surface area contributed by atoms with Crippen LogP contribution in [-0.2, 0) is 17.1 Å². The molecule has 0 N–H and O–H groups in total. The molecule has 23 heavy (non-hydrogen) atoms. The summed E-state index contributed by atoms with van der Waals surface area (Å²) < 4.78 is 5.63. The summed E-state index contributed by atoms with van der Waals surface area (Å²) in [5.74, 6) is 3.42. The van der Waals surface area contributed by atoms with Crippen LogP contribution in [0.1, 0.15) is 35.5 Å². The van der Waals surface area contributed by atoms with Gasteiger partial charge in [-0.2, -0.15) is 0 Å². The third-order valence-electron chi connectivity index (χ3n) is 4.17. The number of hydrogen-bond donors (Lipinski definition) is 0. The van der Waals surface area contributed by atoms with Crippen molar-refractivity contribution in [3.05, 3.63) is 59.0 Å². The van der Waals surface area contributed by atoms with Gasteiger partial charge in [0.05, 0.1) is 12.3 Å². The van der Waals surface area contributed by atoms with Crippen molar-refractivity contribution < 1.29 is 9.21 Å². The zero-order valence-corrected chi connectivity index (χ0v) is 14.6. The van der Waals surface area contributed by atoms with E-state index in [0.29, 0.717) is 18.3 Å². The van der Waals surface area contributed by atoms with E-state index in [9.17, 15) is 4.79 Å². The maximum absolute atomic E-state index is 12.6. The minimum absolute atomic E-state index is 0.222. The summed E-state index contributed by atoms with van der Waals surface area (Å²) in [6.07, 6.45) is 2.24. The van der Waals surface area contributed by atoms with Crippen LogP contribution in [0.4, 0.5) is 0 Å². The Hall–Kier alpha value is -1.68. The first-order valence-corrected chi connectivity index (χ1v) is 9.26. The Kier molecular flexibility index (Phi) is 5.11. The van der Waals surface area contributed by atoms with Crippen molar-refractivity contribution in [1.82, 2.24) is 4.90 Å². The summed E-state index contributed by atoms with van der Waals surface area (Å²) >= 11 is 1.70. The highest BCUT2D eigenvalue weighted by Gasteiger charge is 2.32. The minimum Gasteiger partial charge on any atom is -0.464 e. The van der Waals surface area contributed by atoms with E-state index in [1.807, 2.05) is 24.0 Å². The van der Waals surface area contributed by atoms with Crippen molar-refractivity contribution in [3.63, 3.8) is 0 Å². The van der Waals surface area contributed by atoms with Crippen LogP contribution in [0.5, 0.6) is 0 Å². The molecule has 0 atom stereocenters. The van der Waals surface area contributed by atoms with Gasteiger partial charge in [0.1, 0.15) is 11.5 Å². The van der Waals surface area contributed by atoms with E-state index >= 15 is 0 Å². The molecule has 0 radical (unpaired) electrons. The van der Waals surface area contributed by atoms with Gasteiger partial charge < -0.3 is 9.32 Å².